The molecule has 2 unspecified atom stereocenters. The fourth-order valence-electron chi connectivity index (χ4n) is 2.66. The number of para-hydroxylation sites is 1. The quantitative estimate of drug-likeness (QED) is 0.781. The number of aryl methyl sites for hydroxylation is 2. The highest BCUT2D eigenvalue weighted by atomic mass is 35.5. The van der Waals surface area contributed by atoms with Crippen molar-refractivity contribution in [2.45, 2.75) is 33.2 Å². The molecule has 110 valence electrons. The lowest BCUT2D eigenvalue weighted by Crippen LogP contribution is -2.38. The Bertz CT molecular complexity index is 469. The predicted octanol–water partition coefficient (Wildman–Crippen LogP) is 3.16. The lowest BCUT2D eigenvalue weighted by Gasteiger charge is -2.25. The first-order valence-corrected chi connectivity index (χ1v) is 7.60. The molecule has 1 saturated heterocycles. The molecule has 1 aliphatic heterocycles. The summed E-state index contributed by atoms with van der Waals surface area (Å²) in [6, 6.07) is 6.18. The van der Waals surface area contributed by atoms with E-state index in [1.165, 1.54) is 0 Å². The van der Waals surface area contributed by atoms with Crippen molar-refractivity contribution in [2.24, 2.45) is 5.92 Å². The second-order valence-electron chi connectivity index (χ2n) is 5.65. The molecule has 1 amide bonds. The van der Waals surface area contributed by atoms with Gasteiger partial charge in [0.1, 0.15) is 12.4 Å². The van der Waals surface area contributed by atoms with E-state index in [2.05, 4.69) is 0 Å². The molecular weight excluding hydrogens is 274 g/mol. The van der Waals surface area contributed by atoms with Gasteiger partial charge in [0.15, 0.2) is 0 Å². The maximum Gasteiger partial charge on any atom is 0.223 e. The van der Waals surface area contributed by atoms with Crippen molar-refractivity contribution in [3.8, 4) is 5.75 Å². The number of carbonyl (C=O) groups is 1. The average molecular weight is 296 g/mol. The fraction of sp³-hybridized carbons (Fsp3) is 0.562. The van der Waals surface area contributed by atoms with Crippen LogP contribution in [-0.4, -0.2) is 35.9 Å². The van der Waals surface area contributed by atoms with Crippen LogP contribution in [0, 0.1) is 19.8 Å². The molecule has 3 nitrogen and oxygen atoms in total. The van der Waals surface area contributed by atoms with Crippen molar-refractivity contribution >= 4 is 17.5 Å². The molecular formula is C16H22ClNO2. The van der Waals surface area contributed by atoms with Crippen LogP contribution in [0.2, 0.25) is 0 Å². The van der Waals surface area contributed by atoms with Gasteiger partial charge in [-0.3, -0.25) is 4.79 Å². The average Bonchev–Trinajstić information content (AvgIpc) is 2.79. The molecule has 2 atom stereocenters. The summed E-state index contributed by atoms with van der Waals surface area (Å²) in [6.45, 7) is 7.38. The molecule has 2 rings (SSSR count). The summed E-state index contributed by atoms with van der Waals surface area (Å²) in [5.74, 6) is 1.95. The van der Waals surface area contributed by atoms with E-state index in [4.69, 9.17) is 16.3 Å². The predicted molar refractivity (Wildman–Crippen MR) is 81.4 cm³/mol. The Labute approximate surface area is 125 Å². The molecule has 0 bridgehead atoms. The van der Waals surface area contributed by atoms with Gasteiger partial charge in [-0.25, -0.2) is 0 Å². The number of rotatable bonds is 5. The van der Waals surface area contributed by atoms with E-state index in [9.17, 15) is 4.79 Å². The highest BCUT2D eigenvalue weighted by molar-refractivity contribution is 6.18. The Hall–Kier alpha value is -1.22. The minimum atomic E-state index is 0.0784. The molecule has 0 N–H and O–H groups in total. The van der Waals surface area contributed by atoms with Crippen molar-refractivity contribution in [3.63, 3.8) is 0 Å². The summed E-state index contributed by atoms with van der Waals surface area (Å²) in [5.41, 5.74) is 2.26. The topological polar surface area (TPSA) is 29.5 Å². The van der Waals surface area contributed by atoms with Gasteiger partial charge in [-0.15, -0.1) is 11.6 Å². The maximum absolute atomic E-state index is 11.9. The lowest BCUT2D eigenvalue weighted by molar-refractivity contribution is -0.129. The molecule has 1 fully saturated rings. The number of nitrogens with zero attached hydrogens (tertiary/aromatic N) is 1. The Morgan fingerprint density at radius 1 is 1.40 bits per heavy atom. The SMILES string of the molecule is Cc1cccc(C)c1OCC(C)N1CC(CCl)CC1=O. The molecule has 0 radical (unpaired) electrons. The van der Waals surface area contributed by atoms with Gasteiger partial charge in [-0.05, 0) is 37.8 Å². The number of benzene rings is 1. The first-order chi connectivity index (χ1) is 9.52. The van der Waals surface area contributed by atoms with Crippen LogP contribution in [-0.2, 0) is 4.79 Å². The third kappa shape index (κ3) is 3.26. The molecule has 1 heterocycles. The molecule has 1 aromatic rings. The lowest BCUT2D eigenvalue weighted by atomic mass is 10.1. The third-order valence-corrected chi connectivity index (χ3v) is 4.30. The van der Waals surface area contributed by atoms with E-state index >= 15 is 0 Å². The van der Waals surface area contributed by atoms with Crippen LogP contribution >= 0.6 is 11.6 Å². The summed E-state index contributed by atoms with van der Waals surface area (Å²) >= 11 is 5.85. The van der Waals surface area contributed by atoms with Gasteiger partial charge in [-0.1, -0.05) is 18.2 Å². The zero-order valence-corrected chi connectivity index (χ0v) is 13.1. The summed E-state index contributed by atoms with van der Waals surface area (Å²) < 4.78 is 5.93. The Morgan fingerprint density at radius 2 is 2.05 bits per heavy atom. The van der Waals surface area contributed by atoms with Gasteiger partial charge in [0.25, 0.3) is 0 Å². The van der Waals surface area contributed by atoms with Gasteiger partial charge in [0, 0.05) is 18.8 Å². The molecule has 1 aliphatic rings. The molecule has 0 spiro atoms. The van der Waals surface area contributed by atoms with Crippen molar-refractivity contribution < 1.29 is 9.53 Å². The monoisotopic (exact) mass is 295 g/mol. The van der Waals surface area contributed by atoms with E-state index in [0.29, 0.717) is 18.9 Å². The van der Waals surface area contributed by atoms with Crippen LogP contribution in [0.4, 0.5) is 0 Å². The number of amides is 1. The summed E-state index contributed by atoms with van der Waals surface area (Å²) in [6.07, 6.45) is 0.567. The van der Waals surface area contributed by atoms with Gasteiger partial charge in [0.2, 0.25) is 5.91 Å². The van der Waals surface area contributed by atoms with Crippen LogP contribution in [0.25, 0.3) is 0 Å². The first kappa shape index (κ1) is 15.2. The summed E-state index contributed by atoms with van der Waals surface area (Å²) in [4.78, 5) is 13.8. The number of likely N-dealkylation sites (tertiary alicyclic amines) is 1. The fourth-order valence-corrected chi connectivity index (χ4v) is 2.87. The van der Waals surface area contributed by atoms with Gasteiger partial charge in [0.05, 0.1) is 6.04 Å². The van der Waals surface area contributed by atoms with Gasteiger partial charge < -0.3 is 9.64 Å². The minimum absolute atomic E-state index is 0.0784. The van der Waals surface area contributed by atoms with Gasteiger partial charge in [-0.2, -0.15) is 0 Å². The highest BCUT2D eigenvalue weighted by Gasteiger charge is 2.32. The highest BCUT2D eigenvalue weighted by Crippen LogP contribution is 2.24. The van der Waals surface area contributed by atoms with Crippen LogP contribution < -0.4 is 4.74 Å². The minimum Gasteiger partial charge on any atom is -0.491 e. The van der Waals surface area contributed by atoms with Crippen LogP contribution in [0.3, 0.4) is 0 Å². The van der Waals surface area contributed by atoms with Crippen molar-refractivity contribution in [1.82, 2.24) is 4.90 Å². The summed E-state index contributed by atoms with van der Waals surface area (Å²) in [7, 11) is 0. The summed E-state index contributed by atoms with van der Waals surface area (Å²) in [5, 5.41) is 0. The van der Waals surface area contributed by atoms with Crippen molar-refractivity contribution in [3.05, 3.63) is 29.3 Å². The second kappa shape index (κ2) is 6.49. The molecule has 0 aliphatic carbocycles. The van der Waals surface area contributed by atoms with E-state index in [1.54, 1.807) is 0 Å². The van der Waals surface area contributed by atoms with E-state index < -0.39 is 0 Å². The van der Waals surface area contributed by atoms with Crippen LogP contribution in [0.1, 0.15) is 24.5 Å². The van der Waals surface area contributed by atoms with E-state index in [1.807, 2.05) is 43.9 Å². The zero-order chi connectivity index (χ0) is 14.7. The standard InChI is InChI=1S/C16H22ClNO2/c1-11-5-4-6-12(2)16(11)20-10-13(3)18-9-14(8-17)7-15(18)19/h4-6,13-14H,7-10H2,1-3H3. The van der Waals surface area contributed by atoms with E-state index in [-0.39, 0.29) is 17.9 Å². The second-order valence-corrected chi connectivity index (χ2v) is 5.96. The number of carbonyl (C=O) groups excluding carboxylic acids is 1. The van der Waals surface area contributed by atoms with Crippen LogP contribution in [0.15, 0.2) is 18.2 Å². The number of ether oxygens (including phenoxy) is 1. The smallest absolute Gasteiger partial charge is 0.223 e. The molecule has 0 aromatic heterocycles. The zero-order valence-electron chi connectivity index (χ0n) is 12.4. The third-order valence-electron chi connectivity index (χ3n) is 3.87. The number of halogens is 1. The Balaban J connectivity index is 1.96. The molecule has 4 heteroatoms. The number of hydrogen-bond donors (Lipinski definition) is 0. The number of alkyl halides is 1. The molecule has 20 heavy (non-hydrogen) atoms. The van der Waals surface area contributed by atoms with Crippen molar-refractivity contribution in [1.29, 1.82) is 0 Å². The van der Waals surface area contributed by atoms with Crippen LogP contribution in [0.5, 0.6) is 5.75 Å². The number of hydrogen-bond acceptors (Lipinski definition) is 2. The normalized spacial score (nSPS) is 20.3. The van der Waals surface area contributed by atoms with Gasteiger partial charge >= 0.3 is 0 Å². The first-order valence-electron chi connectivity index (χ1n) is 7.07. The maximum atomic E-state index is 11.9. The molecule has 1 aromatic carbocycles. The Morgan fingerprint density at radius 3 is 2.60 bits per heavy atom. The Kier molecular flexibility index (Phi) is 4.92. The largest absolute Gasteiger partial charge is 0.491 e. The van der Waals surface area contributed by atoms with Crippen molar-refractivity contribution in [2.75, 3.05) is 19.0 Å². The molecule has 0 saturated carbocycles. The van der Waals surface area contributed by atoms with E-state index in [0.717, 1.165) is 23.4 Å².